The van der Waals surface area contributed by atoms with E-state index in [0.717, 1.165) is 60.6 Å². The summed E-state index contributed by atoms with van der Waals surface area (Å²) in [5.41, 5.74) is 4.94. The van der Waals surface area contributed by atoms with Crippen molar-refractivity contribution in [2.45, 2.75) is 30.5 Å². The SMILES string of the molecule is COCc1cc(N2CCN(Cc3ccccc3)CC2)nc(SCc2ccc(C(=O)NCCc3ccccn3)cc2)n1. The van der Waals surface area contributed by atoms with Crippen LogP contribution in [-0.2, 0) is 30.1 Å². The highest BCUT2D eigenvalue weighted by molar-refractivity contribution is 7.98. The third kappa shape index (κ3) is 8.60. The number of ether oxygens (including phenoxy) is 1. The lowest BCUT2D eigenvalue weighted by Gasteiger charge is -2.35. The van der Waals surface area contributed by atoms with E-state index >= 15 is 0 Å². The minimum atomic E-state index is -0.0794. The third-order valence-electron chi connectivity index (χ3n) is 6.96. The van der Waals surface area contributed by atoms with E-state index in [-0.39, 0.29) is 5.91 Å². The van der Waals surface area contributed by atoms with Crippen molar-refractivity contribution in [2.75, 3.05) is 44.7 Å². The minimum absolute atomic E-state index is 0.0794. The molecule has 1 fully saturated rings. The van der Waals surface area contributed by atoms with Crippen LogP contribution in [0.4, 0.5) is 5.82 Å². The Bertz CT molecular complexity index is 1380. The zero-order chi connectivity index (χ0) is 28.3. The van der Waals surface area contributed by atoms with Crippen molar-refractivity contribution in [3.63, 3.8) is 0 Å². The molecule has 0 radical (unpaired) electrons. The van der Waals surface area contributed by atoms with Crippen LogP contribution in [0, 0.1) is 0 Å². The fourth-order valence-electron chi connectivity index (χ4n) is 4.74. The summed E-state index contributed by atoms with van der Waals surface area (Å²) < 4.78 is 5.39. The number of hydrogen-bond donors (Lipinski definition) is 1. The second-order valence-corrected chi connectivity index (χ2v) is 10.9. The molecule has 0 spiro atoms. The molecule has 1 aliphatic heterocycles. The van der Waals surface area contributed by atoms with Crippen molar-refractivity contribution >= 4 is 23.5 Å². The molecule has 1 saturated heterocycles. The molecule has 212 valence electrons. The summed E-state index contributed by atoms with van der Waals surface area (Å²) in [6.45, 7) is 5.79. The van der Waals surface area contributed by atoms with Gasteiger partial charge in [0.1, 0.15) is 5.82 Å². The van der Waals surface area contributed by atoms with Crippen LogP contribution < -0.4 is 10.2 Å². The number of benzene rings is 2. The standard InChI is InChI=1S/C32H36N6O2S/c1-40-23-29-21-30(38-19-17-37(18-20-38)22-25-7-3-2-4-8-25)36-32(35-29)41-24-26-10-12-27(13-11-26)31(39)34-16-14-28-9-5-6-15-33-28/h2-13,15,21H,14,16-20,22-24H2,1H3,(H,34,39). The Morgan fingerprint density at radius 3 is 2.41 bits per heavy atom. The predicted octanol–water partition coefficient (Wildman–Crippen LogP) is 4.61. The van der Waals surface area contributed by atoms with Gasteiger partial charge in [0.05, 0.1) is 12.3 Å². The molecule has 3 heterocycles. The van der Waals surface area contributed by atoms with Crippen LogP contribution in [0.5, 0.6) is 0 Å². The maximum atomic E-state index is 12.5. The second kappa shape index (κ2) is 14.7. The lowest BCUT2D eigenvalue weighted by Crippen LogP contribution is -2.46. The number of amides is 1. The maximum absolute atomic E-state index is 12.5. The molecule has 0 aliphatic carbocycles. The molecular formula is C32H36N6O2S. The molecule has 4 aromatic rings. The molecule has 1 aliphatic rings. The van der Waals surface area contributed by atoms with Gasteiger partial charge in [-0.25, -0.2) is 9.97 Å². The number of rotatable bonds is 12. The van der Waals surface area contributed by atoms with Crippen molar-refractivity contribution in [3.8, 4) is 0 Å². The van der Waals surface area contributed by atoms with Crippen LogP contribution in [0.25, 0.3) is 0 Å². The Hall–Kier alpha value is -3.79. The number of thioether (sulfide) groups is 1. The van der Waals surface area contributed by atoms with Crippen LogP contribution in [0.3, 0.4) is 0 Å². The Morgan fingerprint density at radius 1 is 0.902 bits per heavy atom. The number of carbonyl (C=O) groups excluding carboxylic acids is 1. The van der Waals surface area contributed by atoms with Crippen LogP contribution in [0.15, 0.2) is 90.2 Å². The first-order chi connectivity index (χ1) is 20.2. The van der Waals surface area contributed by atoms with E-state index in [4.69, 9.17) is 14.7 Å². The fourth-order valence-corrected chi connectivity index (χ4v) is 5.56. The minimum Gasteiger partial charge on any atom is -0.378 e. The number of pyridine rings is 1. The summed E-state index contributed by atoms with van der Waals surface area (Å²) in [4.78, 5) is 31.3. The first-order valence-electron chi connectivity index (χ1n) is 13.9. The van der Waals surface area contributed by atoms with Crippen LogP contribution >= 0.6 is 11.8 Å². The molecule has 8 nitrogen and oxygen atoms in total. The van der Waals surface area contributed by atoms with E-state index in [1.165, 1.54) is 5.56 Å². The van der Waals surface area contributed by atoms with E-state index in [9.17, 15) is 4.79 Å². The van der Waals surface area contributed by atoms with E-state index in [1.54, 1.807) is 25.1 Å². The number of carbonyl (C=O) groups is 1. The number of methoxy groups -OCH3 is 1. The molecule has 0 unspecified atom stereocenters. The Morgan fingerprint density at radius 2 is 1.68 bits per heavy atom. The van der Waals surface area contributed by atoms with Gasteiger partial charge in [-0.3, -0.25) is 14.7 Å². The quantitative estimate of drug-likeness (QED) is 0.196. The zero-order valence-electron chi connectivity index (χ0n) is 23.4. The molecule has 2 aromatic carbocycles. The first-order valence-corrected chi connectivity index (χ1v) is 14.9. The second-order valence-electron chi connectivity index (χ2n) is 9.99. The monoisotopic (exact) mass is 568 g/mol. The van der Waals surface area contributed by atoms with E-state index in [0.29, 0.717) is 30.9 Å². The molecule has 5 rings (SSSR count). The number of nitrogens with one attached hydrogen (secondary N) is 1. The van der Waals surface area contributed by atoms with Gasteiger partial charge in [-0.1, -0.05) is 60.3 Å². The van der Waals surface area contributed by atoms with Crippen molar-refractivity contribution < 1.29 is 9.53 Å². The normalized spacial score (nSPS) is 13.7. The summed E-state index contributed by atoms with van der Waals surface area (Å²) in [7, 11) is 1.69. The van der Waals surface area contributed by atoms with Gasteiger partial charge in [0.15, 0.2) is 5.16 Å². The van der Waals surface area contributed by atoms with Crippen LogP contribution in [0.2, 0.25) is 0 Å². The van der Waals surface area contributed by atoms with Crippen molar-refractivity contribution in [1.29, 1.82) is 0 Å². The molecule has 0 atom stereocenters. The van der Waals surface area contributed by atoms with Crippen molar-refractivity contribution in [1.82, 2.24) is 25.2 Å². The molecule has 41 heavy (non-hydrogen) atoms. The number of aromatic nitrogens is 3. The average Bonchev–Trinajstić information content (AvgIpc) is 3.02. The van der Waals surface area contributed by atoms with Gasteiger partial charge in [-0.15, -0.1) is 0 Å². The van der Waals surface area contributed by atoms with Gasteiger partial charge in [-0.2, -0.15) is 0 Å². The molecule has 1 amide bonds. The van der Waals surface area contributed by atoms with Gasteiger partial charge >= 0.3 is 0 Å². The smallest absolute Gasteiger partial charge is 0.251 e. The summed E-state index contributed by atoms with van der Waals surface area (Å²) in [6, 6.07) is 26.2. The summed E-state index contributed by atoms with van der Waals surface area (Å²) in [5, 5.41) is 3.71. The number of anilines is 1. The highest BCUT2D eigenvalue weighted by Gasteiger charge is 2.20. The number of piperazine rings is 1. The molecule has 2 aromatic heterocycles. The first kappa shape index (κ1) is 28.7. The molecular weight excluding hydrogens is 532 g/mol. The highest BCUT2D eigenvalue weighted by atomic mass is 32.2. The molecule has 1 N–H and O–H groups in total. The number of nitrogens with zero attached hydrogens (tertiary/aromatic N) is 5. The number of hydrogen-bond acceptors (Lipinski definition) is 8. The molecule has 9 heteroatoms. The van der Waals surface area contributed by atoms with E-state index < -0.39 is 0 Å². The fraction of sp³-hybridized carbons (Fsp3) is 0.312. The zero-order valence-corrected chi connectivity index (χ0v) is 24.2. The summed E-state index contributed by atoms with van der Waals surface area (Å²) in [5.74, 6) is 1.58. The predicted molar refractivity (Wildman–Crippen MR) is 163 cm³/mol. The Labute approximate surface area is 246 Å². The lowest BCUT2D eigenvalue weighted by molar-refractivity contribution is 0.0954. The van der Waals surface area contributed by atoms with E-state index in [1.807, 2.05) is 48.5 Å². The lowest BCUT2D eigenvalue weighted by atomic mass is 10.1. The van der Waals surface area contributed by atoms with Gasteiger partial charge in [0, 0.05) is 82.1 Å². The van der Waals surface area contributed by atoms with Gasteiger partial charge in [0.2, 0.25) is 0 Å². The van der Waals surface area contributed by atoms with Crippen molar-refractivity contribution in [3.05, 3.63) is 113 Å². The topological polar surface area (TPSA) is 83.5 Å². The Kier molecular flexibility index (Phi) is 10.3. The van der Waals surface area contributed by atoms with Gasteiger partial charge in [-0.05, 0) is 35.4 Å². The Balaban J connectivity index is 1.14. The van der Waals surface area contributed by atoms with Crippen LogP contribution in [0.1, 0.15) is 32.9 Å². The largest absolute Gasteiger partial charge is 0.378 e. The average molecular weight is 569 g/mol. The third-order valence-corrected chi connectivity index (χ3v) is 7.88. The molecule has 0 saturated carbocycles. The molecule has 0 bridgehead atoms. The summed E-state index contributed by atoms with van der Waals surface area (Å²) >= 11 is 1.60. The van der Waals surface area contributed by atoms with E-state index in [2.05, 4.69) is 50.4 Å². The van der Waals surface area contributed by atoms with Crippen LogP contribution in [-0.4, -0.2) is 65.6 Å². The summed E-state index contributed by atoms with van der Waals surface area (Å²) in [6.07, 6.45) is 2.47. The van der Waals surface area contributed by atoms with Crippen molar-refractivity contribution in [2.24, 2.45) is 0 Å². The van der Waals surface area contributed by atoms with Gasteiger partial charge < -0.3 is 15.0 Å². The highest BCUT2D eigenvalue weighted by Crippen LogP contribution is 2.24. The van der Waals surface area contributed by atoms with Gasteiger partial charge in [0.25, 0.3) is 5.91 Å². The maximum Gasteiger partial charge on any atom is 0.251 e.